The van der Waals surface area contributed by atoms with E-state index in [-0.39, 0.29) is 11.7 Å². The van der Waals surface area contributed by atoms with Crippen LogP contribution in [0.25, 0.3) is 0 Å². The van der Waals surface area contributed by atoms with Gasteiger partial charge in [-0.2, -0.15) is 0 Å². The van der Waals surface area contributed by atoms with E-state index < -0.39 is 0 Å². The van der Waals surface area contributed by atoms with Crippen molar-refractivity contribution < 1.29 is 9.59 Å². The van der Waals surface area contributed by atoms with Crippen molar-refractivity contribution in [2.45, 2.75) is 20.4 Å². The standard InChI is InChI=1S/C16H18N2O2/c1-11-6-4-5-7-13(11)10-18(3)16(20)15-8-14(9-17-15)12(2)19/h4-9,17H,10H2,1-3H3. The number of nitrogens with zero attached hydrogens (tertiary/aromatic N) is 1. The Bertz CT molecular complexity index is 643. The molecule has 1 aromatic carbocycles. The molecule has 0 saturated heterocycles. The topological polar surface area (TPSA) is 53.2 Å². The molecule has 104 valence electrons. The summed E-state index contributed by atoms with van der Waals surface area (Å²) in [6.45, 7) is 4.05. The monoisotopic (exact) mass is 270 g/mol. The van der Waals surface area contributed by atoms with E-state index in [0.29, 0.717) is 17.8 Å². The average Bonchev–Trinajstić information content (AvgIpc) is 2.90. The van der Waals surface area contributed by atoms with Crippen molar-refractivity contribution in [3.63, 3.8) is 0 Å². The van der Waals surface area contributed by atoms with Gasteiger partial charge in [-0.1, -0.05) is 24.3 Å². The smallest absolute Gasteiger partial charge is 0.270 e. The zero-order valence-corrected chi connectivity index (χ0v) is 11.9. The summed E-state index contributed by atoms with van der Waals surface area (Å²) in [5.41, 5.74) is 3.23. The van der Waals surface area contributed by atoms with E-state index in [1.54, 1.807) is 24.2 Å². The molecule has 0 aliphatic carbocycles. The molecule has 0 radical (unpaired) electrons. The number of carbonyl (C=O) groups excluding carboxylic acids is 2. The summed E-state index contributed by atoms with van der Waals surface area (Å²) in [6, 6.07) is 9.57. The second-order valence-electron chi connectivity index (χ2n) is 4.95. The summed E-state index contributed by atoms with van der Waals surface area (Å²) in [5.74, 6) is -0.178. The predicted molar refractivity (Wildman–Crippen MR) is 77.8 cm³/mol. The molecular formula is C16H18N2O2. The fourth-order valence-corrected chi connectivity index (χ4v) is 2.04. The van der Waals surface area contributed by atoms with E-state index >= 15 is 0 Å². The van der Waals surface area contributed by atoms with Crippen LogP contribution in [-0.4, -0.2) is 28.6 Å². The lowest BCUT2D eigenvalue weighted by atomic mass is 10.1. The van der Waals surface area contributed by atoms with Crippen molar-refractivity contribution in [1.29, 1.82) is 0 Å². The van der Waals surface area contributed by atoms with E-state index in [2.05, 4.69) is 4.98 Å². The number of benzene rings is 1. The number of Topliss-reactive ketones (excluding diaryl/α,β-unsaturated/α-hetero) is 1. The zero-order chi connectivity index (χ0) is 14.7. The highest BCUT2D eigenvalue weighted by Gasteiger charge is 2.15. The Hall–Kier alpha value is -2.36. The lowest BCUT2D eigenvalue weighted by Gasteiger charge is -2.17. The summed E-state index contributed by atoms with van der Waals surface area (Å²) in [6.07, 6.45) is 1.57. The van der Waals surface area contributed by atoms with Crippen LogP contribution in [0.4, 0.5) is 0 Å². The summed E-state index contributed by atoms with van der Waals surface area (Å²) >= 11 is 0. The van der Waals surface area contributed by atoms with E-state index in [4.69, 9.17) is 0 Å². The van der Waals surface area contributed by atoms with Crippen molar-refractivity contribution >= 4 is 11.7 Å². The first-order valence-corrected chi connectivity index (χ1v) is 6.48. The maximum atomic E-state index is 12.3. The van der Waals surface area contributed by atoms with E-state index in [9.17, 15) is 9.59 Å². The molecular weight excluding hydrogens is 252 g/mol. The van der Waals surface area contributed by atoms with Crippen LogP contribution >= 0.6 is 0 Å². The van der Waals surface area contributed by atoms with E-state index in [1.807, 2.05) is 31.2 Å². The Balaban J connectivity index is 2.12. The molecule has 1 heterocycles. The maximum absolute atomic E-state index is 12.3. The van der Waals surface area contributed by atoms with Gasteiger partial charge in [0.1, 0.15) is 5.69 Å². The largest absolute Gasteiger partial charge is 0.356 e. The van der Waals surface area contributed by atoms with Gasteiger partial charge in [-0.05, 0) is 31.0 Å². The molecule has 1 amide bonds. The molecule has 0 bridgehead atoms. The predicted octanol–water partition coefficient (Wildman–Crippen LogP) is 2.80. The van der Waals surface area contributed by atoms with Gasteiger partial charge in [-0.15, -0.1) is 0 Å². The third-order valence-electron chi connectivity index (χ3n) is 3.34. The Morgan fingerprint density at radius 1 is 1.25 bits per heavy atom. The molecule has 1 aromatic heterocycles. The summed E-state index contributed by atoms with van der Waals surface area (Å²) in [5, 5.41) is 0. The van der Waals surface area contributed by atoms with Crippen molar-refractivity contribution in [1.82, 2.24) is 9.88 Å². The highest BCUT2D eigenvalue weighted by Crippen LogP contribution is 2.12. The first-order chi connectivity index (χ1) is 9.49. The molecule has 20 heavy (non-hydrogen) atoms. The van der Waals surface area contributed by atoms with Crippen LogP contribution in [0.15, 0.2) is 36.5 Å². The molecule has 0 aliphatic heterocycles. The lowest BCUT2D eigenvalue weighted by Crippen LogP contribution is -2.26. The Morgan fingerprint density at radius 2 is 1.95 bits per heavy atom. The number of ketones is 1. The number of aryl methyl sites for hydroxylation is 1. The number of aromatic amines is 1. The van der Waals surface area contributed by atoms with Gasteiger partial charge in [0.2, 0.25) is 0 Å². The van der Waals surface area contributed by atoms with Gasteiger partial charge in [0, 0.05) is 25.4 Å². The molecule has 1 N–H and O–H groups in total. The van der Waals surface area contributed by atoms with Gasteiger partial charge in [-0.3, -0.25) is 9.59 Å². The number of nitrogens with one attached hydrogen (secondary N) is 1. The molecule has 0 saturated carbocycles. The summed E-state index contributed by atoms with van der Waals surface area (Å²) in [7, 11) is 1.75. The number of amides is 1. The quantitative estimate of drug-likeness (QED) is 0.868. The average molecular weight is 270 g/mol. The minimum Gasteiger partial charge on any atom is -0.356 e. The molecule has 4 nitrogen and oxygen atoms in total. The number of hydrogen-bond acceptors (Lipinski definition) is 2. The number of H-pyrrole nitrogens is 1. The Morgan fingerprint density at radius 3 is 2.55 bits per heavy atom. The van der Waals surface area contributed by atoms with Crippen LogP contribution < -0.4 is 0 Å². The van der Waals surface area contributed by atoms with Crippen LogP contribution in [0.5, 0.6) is 0 Å². The summed E-state index contributed by atoms with van der Waals surface area (Å²) in [4.78, 5) is 28.0. The fourth-order valence-electron chi connectivity index (χ4n) is 2.04. The molecule has 4 heteroatoms. The van der Waals surface area contributed by atoms with E-state index in [1.165, 1.54) is 6.92 Å². The first-order valence-electron chi connectivity index (χ1n) is 6.48. The highest BCUT2D eigenvalue weighted by atomic mass is 16.2. The number of aromatic nitrogens is 1. The maximum Gasteiger partial charge on any atom is 0.270 e. The minimum atomic E-state index is -0.124. The van der Waals surface area contributed by atoms with Crippen LogP contribution in [0.3, 0.4) is 0 Å². The van der Waals surface area contributed by atoms with Gasteiger partial charge in [0.05, 0.1) is 0 Å². The second kappa shape index (κ2) is 5.74. The van der Waals surface area contributed by atoms with Crippen LogP contribution in [0, 0.1) is 6.92 Å². The normalized spacial score (nSPS) is 10.3. The first kappa shape index (κ1) is 14.1. The highest BCUT2D eigenvalue weighted by molar-refractivity contribution is 5.98. The SMILES string of the molecule is CC(=O)c1c[nH]c(C(=O)N(C)Cc2ccccc2C)c1. The van der Waals surface area contributed by atoms with Crippen LogP contribution in [0.1, 0.15) is 38.9 Å². The number of hydrogen-bond donors (Lipinski definition) is 1. The molecule has 0 unspecified atom stereocenters. The third-order valence-corrected chi connectivity index (χ3v) is 3.34. The third kappa shape index (κ3) is 2.96. The van der Waals surface area contributed by atoms with Crippen LogP contribution in [-0.2, 0) is 6.54 Å². The lowest BCUT2D eigenvalue weighted by molar-refractivity contribution is 0.0780. The minimum absolute atomic E-state index is 0.0538. The van der Waals surface area contributed by atoms with E-state index in [0.717, 1.165) is 11.1 Å². The number of carbonyl (C=O) groups is 2. The molecule has 0 aliphatic rings. The molecule has 0 fully saturated rings. The van der Waals surface area contributed by atoms with Gasteiger partial charge in [-0.25, -0.2) is 0 Å². The molecule has 0 spiro atoms. The molecule has 2 aromatic rings. The Labute approximate surface area is 118 Å². The zero-order valence-electron chi connectivity index (χ0n) is 11.9. The van der Waals surface area contributed by atoms with Crippen molar-refractivity contribution in [2.24, 2.45) is 0 Å². The van der Waals surface area contributed by atoms with Crippen molar-refractivity contribution in [2.75, 3.05) is 7.05 Å². The molecule has 2 rings (SSSR count). The van der Waals surface area contributed by atoms with Gasteiger partial charge < -0.3 is 9.88 Å². The van der Waals surface area contributed by atoms with Crippen molar-refractivity contribution in [3.8, 4) is 0 Å². The van der Waals surface area contributed by atoms with Gasteiger partial charge in [0.25, 0.3) is 5.91 Å². The van der Waals surface area contributed by atoms with Crippen LogP contribution in [0.2, 0.25) is 0 Å². The van der Waals surface area contributed by atoms with Gasteiger partial charge in [0.15, 0.2) is 5.78 Å². The number of rotatable bonds is 4. The summed E-state index contributed by atoms with van der Waals surface area (Å²) < 4.78 is 0. The van der Waals surface area contributed by atoms with Crippen molar-refractivity contribution in [3.05, 3.63) is 58.9 Å². The van der Waals surface area contributed by atoms with Gasteiger partial charge >= 0.3 is 0 Å². The Kier molecular flexibility index (Phi) is 4.03. The molecule has 0 atom stereocenters. The second-order valence-corrected chi connectivity index (χ2v) is 4.95. The fraction of sp³-hybridized carbons (Fsp3) is 0.250.